The van der Waals surface area contributed by atoms with E-state index in [2.05, 4.69) is 0 Å². The summed E-state index contributed by atoms with van der Waals surface area (Å²) >= 11 is 11.8. The van der Waals surface area contributed by atoms with E-state index in [1.54, 1.807) is 0 Å². The lowest BCUT2D eigenvalue weighted by atomic mass is 10.00. The minimum atomic E-state index is -3.62. The third-order valence-corrected chi connectivity index (χ3v) is 5.89. The summed E-state index contributed by atoms with van der Waals surface area (Å²) in [6.07, 6.45) is 2.62. The van der Waals surface area contributed by atoms with E-state index in [-0.39, 0.29) is 29.4 Å². The van der Waals surface area contributed by atoms with Crippen LogP contribution in [0.25, 0.3) is 0 Å². The van der Waals surface area contributed by atoms with E-state index in [4.69, 9.17) is 28.9 Å². The monoisotopic (exact) mass is 372 g/mol. The molecule has 0 radical (unpaired) electrons. The number of nitrogens with zero attached hydrogens (tertiary/aromatic N) is 1. The molecule has 0 spiro atoms. The second-order valence-corrected chi connectivity index (χ2v) is 7.91. The highest BCUT2D eigenvalue weighted by atomic mass is 35.5. The molecule has 120 valence electrons. The van der Waals surface area contributed by atoms with Crippen LogP contribution in [0.4, 0.5) is 0 Å². The number of hydrogen-bond donors (Lipinski definition) is 1. The third-order valence-electron chi connectivity index (χ3n) is 3.55. The summed E-state index contributed by atoms with van der Waals surface area (Å²) in [6.45, 7) is 2.32. The van der Waals surface area contributed by atoms with Gasteiger partial charge in [-0.25, -0.2) is 8.42 Å². The Bertz CT molecular complexity index is 573. The molecule has 1 aliphatic rings. The van der Waals surface area contributed by atoms with Crippen LogP contribution in [0.5, 0.6) is 0 Å². The van der Waals surface area contributed by atoms with E-state index in [0.29, 0.717) is 16.6 Å². The molecule has 2 atom stereocenters. The number of piperidine rings is 1. The van der Waals surface area contributed by atoms with E-state index in [1.807, 2.05) is 6.92 Å². The summed E-state index contributed by atoms with van der Waals surface area (Å²) < 4.78 is 27.0. The zero-order valence-corrected chi connectivity index (χ0v) is 14.8. The van der Waals surface area contributed by atoms with E-state index < -0.39 is 10.0 Å². The van der Waals surface area contributed by atoms with Crippen molar-refractivity contribution >= 4 is 45.6 Å². The molecule has 0 aliphatic carbocycles. The van der Waals surface area contributed by atoms with Crippen LogP contribution in [0, 0.1) is 0 Å². The van der Waals surface area contributed by atoms with Gasteiger partial charge in [0.15, 0.2) is 0 Å². The van der Waals surface area contributed by atoms with E-state index in [1.165, 1.54) is 22.5 Å². The van der Waals surface area contributed by atoms with Gasteiger partial charge in [-0.05, 0) is 38.0 Å². The van der Waals surface area contributed by atoms with Gasteiger partial charge < -0.3 is 5.73 Å². The molecular formula is C13H19Cl3N2O2S. The van der Waals surface area contributed by atoms with Gasteiger partial charge >= 0.3 is 0 Å². The van der Waals surface area contributed by atoms with Crippen LogP contribution >= 0.6 is 35.6 Å². The van der Waals surface area contributed by atoms with Gasteiger partial charge in [0.05, 0.1) is 4.90 Å². The molecule has 1 aliphatic heterocycles. The maximum absolute atomic E-state index is 12.8. The van der Waals surface area contributed by atoms with E-state index in [9.17, 15) is 8.42 Å². The van der Waals surface area contributed by atoms with Crippen molar-refractivity contribution in [3.8, 4) is 0 Å². The zero-order chi connectivity index (χ0) is 14.9. The van der Waals surface area contributed by atoms with Crippen LogP contribution in [0.1, 0.15) is 26.2 Å². The Morgan fingerprint density at radius 1 is 1.24 bits per heavy atom. The lowest BCUT2D eigenvalue weighted by molar-refractivity contribution is 0.227. The molecule has 21 heavy (non-hydrogen) atoms. The smallest absolute Gasteiger partial charge is 0.243 e. The Morgan fingerprint density at radius 3 is 2.33 bits per heavy atom. The highest BCUT2D eigenvalue weighted by Gasteiger charge is 2.35. The molecule has 1 aromatic carbocycles. The first-order valence-corrected chi connectivity index (χ1v) is 8.75. The molecule has 0 bridgehead atoms. The Hall–Kier alpha value is -0.0400. The van der Waals surface area contributed by atoms with E-state index >= 15 is 0 Å². The van der Waals surface area contributed by atoms with Crippen LogP contribution < -0.4 is 5.73 Å². The number of rotatable bonds is 3. The molecule has 1 saturated heterocycles. The van der Waals surface area contributed by atoms with E-state index in [0.717, 1.165) is 19.3 Å². The highest BCUT2D eigenvalue weighted by Crippen LogP contribution is 2.29. The molecule has 2 unspecified atom stereocenters. The first-order chi connectivity index (χ1) is 9.32. The van der Waals surface area contributed by atoms with Gasteiger partial charge in [0.25, 0.3) is 0 Å². The van der Waals surface area contributed by atoms with Crippen LogP contribution in [0.2, 0.25) is 10.0 Å². The van der Waals surface area contributed by atoms with Crippen molar-refractivity contribution < 1.29 is 8.42 Å². The molecule has 0 saturated carbocycles. The number of benzene rings is 1. The van der Waals surface area contributed by atoms with Crippen molar-refractivity contribution in [1.82, 2.24) is 4.31 Å². The van der Waals surface area contributed by atoms with Gasteiger partial charge in [-0.1, -0.05) is 29.6 Å². The lowest BCUT2D eigenvalue weighted by Gasteiger charge is -2.36. The fourth-order valence-corrected chi connectivity index (χ4v) is 5.07. The molecular weight excluding hydrogens is 355 g/mol. The van der Waals surface area contributed by atoms with Gasteiger partial charge in [-0.2, -0.15) is 4.31 Å². The second-order valence-electron chi connectivity index (χ2n) is 5.14. The second kappa shape index (κ2) is 7.49. The van der Waals surface area contributed by atoms with Crippen LogP contribution in [-0.4, -0.2) is 31.4 Å². The van der Waals surface area contributed by atoms with Crippen molar-refractivity contribution in [2.24, 2.45) is 5.73 Å². The normalized spacial score (nSPS) is 21.6. The number of nitrogens with two attached hydrogens (primary N) is 1. The molecule has 0 amide bonds. The van der Waals surface area contributed by atoms with Gasteiger partial charge in [0.1, 0.15) is 0 Å². The first kappa shape index (κ1) is 19.0. The van der Waals surface area contributed by atoms with Gasteiger partial charge in [-0.3, -0.25) is 0 Å². The number of hydrogen-bond acceptors (Lipinski definition) is 3. The zero-order valence-electron chi connectivity index (χ0n) is 11.6. The van der Waals surface area contributed by atoms with Gasteiger partial charge in [0, 0.05) is 28.7 Å². The van der Waals surface area contributed by atoms with Crippen molar-refractivity contribution in [2.75, 3.05) is 6.54 Å². The quantitative estimate of drug-likeness (QED) is 0.884. The topological polar surface area (TPSA) is 63.4 Å². The minimum Gasteiger partial charge on any atom is -0.326 e. The fraction of sp³-hybridized carbons (Fsp3) is 0.538. The minimum absolute atomic E-state index is 0. The molecule has 8 heteroatoms. The highest BCUT2D eigenvalue weighted by molar-refractivity contribution is 7.89. The standard InChI is InChI=1S/C13H18Cl2N2O2S.ClH/c1-9(16)13-4-2-3-5-17(13)20(18,19)12-7-10(14)6-11(15)8-12;/h6-9,13H,2-5,16H2,1H3;1H. The molecule has 2 rings (SSSR count). The average Bonchev–Trinajstić information content (AvgIpc) is 2.37. The van der Waals surface area contributed by atoms with Crippen molar-refractivity contribution in [1.29, 1.82) is 0 Å². The van der Waals surface area contributed by atoms with Crippen molar-refractivity contribution in [3.63, 3.8) is 0 Å². The predicted octanol–water partition coefficient (Wildman–Crippen LogP) is 3.31. The maximum atomic E-state index is 12.8. The third kappa shape index (κ3) is 4.24. The average molecular weight is 374 g/mol. The predicted molar refractivity (Wildman–Crippen MR) is 88.9 cm³/mol. The molecule has 1 aromatic rings. The number of sulfonamides is 1. The molecule has 1 heterocycles. The summed E-state index contributed by atoms with van der Waals surface area (Å²) in [4.78, 5) is 0.127. The summed E-state index contributed by atoms with van der Waals surface area (Å²) in [5, 5.41) is 0.621. The van der Waals surface area contributed by atoms with Crippen molar-refractivity contribution in [3.05, 3.63) is 28.2 Å². The molecule has 2 N–H and O–H groups in total. The lowest BCUT2D eigenvalue weighted by Crippen LogP contribution is -2.51. The number of halogens is 3. The molecule has 4 nitrogen and oxygen atoms in total. The Labute approximate surface area is 142 Å². The summed E-state index contributed by atoms with van der Waals surface area (Å²) in [6, 6.07) is 3.98. The fourth-order valence-electron chi connectivity index (χ4n) is 2.57. The maximum Gasteiger partial charge on any atom is 0.243 e. The summed E-state index contributed by atoms with van der Waals surface area (Å²) in [7, 11) is -3.62. The van der Waals surface area contributed by atoms with Crippen LogP contribution in [-0.2, 0) is 10.0 Å². The van der Waals surface area contributed by atoms with Crippen molar-refractivity contribution in [2.45, 2.75) is 43.2 Å². The van der Waals surface area contributed by atoms with Gasteiger partial charge in [0.2, 0.25) is 10.0 Å². The summed E-state index contributed by atoms with van der Waals surface area (Å²) in [5.41, 5.74) is 5.93. The largest absolute Gasteiger partial charge is 0.326 e. The van der Waals surface area contributed by atoms with Crippen LogP contribution in [0.3, 0.4) is 0 Å². The molecule has 1 fully saturated rings. The Balaban J connectivity index is 0.00000220. The first-order valence-electron chi connectivity index (χ1n) is 6.56. The Kier molecular flexibility index (Phi) is 6.78. The Morgan fingerprint density at radius 2 is 1.81 bits per heavy atom. The molecule has 0 aromatic heterocycles. The van der Waals surface area contributed by atoms with Crippen LogP contribution in [0.15, 0.2) is 23.1 Å². The van der Waals surface area contributed by atoms with Gasteiger partial charge in [-0.15, -0.1) is 12.4 Å². The summed E-state index contributed by atoms with van der Waals surface area (Å²) in [5.74, 6) is 0. The SMILES string of the molecule is CC(N)C1CCCCN1S(=O)(=O)c1cc(Cl)cc(Cl)c1.Cl.